The third-order valence-corrected chi connectivity index (χ3v) is 6.27. The molecule has 1 aliphatic heterocycles. The first kappa shape index (κ1) is 22.5. The second-order valence-corrected chi connectivity index (χ2v) is 8.54. The van der Waals surface area contributed by atoms with Crippen LogP contribution in [0.3, 0.4) is 0 Å². The molecule has 186 valence electrons. The van der Waals surface area contributed by atoms with E-state index >= 15 is 0 Å². The molecule has 4 aromatic heterocycles. The summed E-state index contributed by atoms with van der Waals surface area (Å²) >= 11 is 0. The van der Waals surface area contributed by atoms with Gasteiger partial charge in [-0.05, 0) is 19.1 Å². The van der Waals surface area contributed by atoms with Crippen molar-refractivity contribution in [3.63, 3.8) is 0 Å². The number of aromatic amines is 1. The van der Waals surface area contributed by atoms with Crippen LogP contribution in [0.4, 0.5) is 10.3 Å². The number of carbonyl (C=O) groups excluding carboxylic acids is 2. The lowest BCUT2D eigenvalue weighted by Crippen LogP contribution is -2.51. The minimum Gasteiger partial charge on any atom is -0.357 e. The number of pyridine rings is 1. The molecule has 5 heterocycles. The number of nitrogens with one attached hydrogen (secondary N) is 1. The van der Waals surface area contributed by atoms with E-state index in [-0.39, 0.29) is 22.3 Å². The fraction of sp³-hybridized carbons (Fsp3) is 0.208. The van der Waals surface area contributed by atoms with Gasteiger partial charge < -0.3 is 14.8 Å². The lowest BCUT2D eigenvalue weighted by molar-refractivity contribution is -0.126. The van der Waals surface area contributed by atoms with Gasteiger partial charge in [0.1, 0.15) is 5.82 Å². The summed E-state index contributed by atoms with van der Waals surface area (Å²) in [6.07, 6.45) is 5.33. The number of halogens is 1. The van der Waals surface area contributed by atoms with E-state index in [9.17, 15) is 14.0 Å². The molecular formula is C24H21FN10O2. The smallest absolute Gasteiger partial charge is 0.295 e. The zero-order valence-corrected chi connectivity index (χ0v) is 19.7. The van der Waals surface area contributed by atoms with Gasteiger partial charge in [-0.1, -0.05) is 23.4 Å². The summed E-state index contributed by atoms with van der Waals surface area (Å²) in [5.41, 5.74) is 1.08. The van der Waals surface area contributed by atoms with Crippen molar-refractivity contribution in [1.29, 1.82) is 0 Å². The highest BCUT2D eigenvalue weighted by Gasteiger charge is 2.31. The van der Waals surface area contributed by atoms with Gasteiger partial charge >= 0.3 is 0 Å². The zero-order chi connectivity index (χ0) is 25.5. The number of para-hydroxylation sites is 1. The normalized spacial score (nSPS) is 13.9. The minimum absolute atomic E-state index is 0.0103. The van der Waals surface area contributed by atoms with Gasteiger partial charge in [0.2, 0.25) is 5.95 Å². The Balaban J connectivity index is 1.21. The third-order valence-electron chi connectivity index (χ3n) is 6.27. The van der Waals surface area contributed by atoms with E-state index < -0.39 is 17.5 Å². The Morgan fingerprint density at radius 1 is 1.08 bits per heavy atom. The van der Waals surface area contributed by atoms with E-state index in [1.54, 1.807) is 10.9 Å². The molecule has 6 rings (SSSR count). The summed E-state index contributed by atoms with van der Waals surface area (Å²) in [4.78, 5) is 41.3. The van der Waals surface area contributed by atoms with Crippen molar-refractivity contribution in [1.82, 2.24) is 44.6 Å². The number of anilines is 1. The summed E-state index contributed by atoms with van der Waals surface area (Å²) in [6.45, 7) is 3.37. The number of fused-ring (bicyclic) bond motifs is 1. The van der Waals surface area contributed by atoms with Crippen molar-refractivity contribution in [2.24, 2.45) is 0 Å². The maximum Gasteiger partial charge on any atom is 0.295 e. The molecule has 0 atom stereocenters. The summed E-state index contributed by atoms with van der Waals surface area (Å²) < 4.78 is 17.9. The van der Waals surface area contributed by atoms with Gasteiger partial charge in [0.15, 0.2) is 11.6 Å². The van der Waals surface area contributed by atoms with Crippen LogP contribution < -0.4 is 4.90 Å². The number of aryl methyl sites for hydroxylation is 1. The van der Waals surface area contributed by atoms with Crippen molar-refractivity contribution in [3.8, 4) is 11.5 Å². The zero-order valence-electron chi connectivity index (χ0n) is 19.7. The van der Waals surface area contributed by atoms with Gasteiger partial charge in [0.25, 0.3) is 11.7 Å². The predicted molar refractivity (Wildman–Crippen MR) is 130 cm³/mol. The third kappa shape index (κ3) is 3.90. The number of aromatic nitrogens is 8. The summed E-state index contributed by atoms with van der Waals surface area (Å²) in [7, 11) is 0. The van der Waals surface area contributed by atoms with Crippen LogP contribution in [0, 0.1) is 12.7 Å². The van der Waals surface area contributed by atoms with Crippen LogP contribution in [-0.4, -0.2) is 82.5 Å². The lowest BCUT2D eigenvalue weighted by Gasteiger charge is -2.34. The van der Waals surface area contributed by atoms with Crippen LogP contribution in [-0.2, 0) is 4.79 Å². The number of nitrogens with zero attached hydrogens (tertiary/aromatic N) is 9. The molecule has 1 aliphatic rings. The fourth-order valence-electron chi connectivity index (χ4n) is 4.49. The Morgan fingerprint density at radius 2 is 1.86 bits per heavy atom. The SMILES string of the molecule is Cc1nc(N2CCN(C(=O)C(=O)c3c[nH]c4c(-n5ccnn5)ncc(F)c34)CC2)n(-c2ccccc2)n1. The Labute approximate surface area is 209 Å². The number of hydrogen-bond donors (Lipinski definition) is 1. The number of hydrogen-bond acceptors (Lipinski definition) is 8. The molecule has 1 N–H and O–H groups in total. The number of piperazine rings is 1. The molecule has 0 unspecified atom stereocenters. The summed E-state index contributed by atoms with van der Waals surface area (Å²) in [5.74, 6) is -0.622. The van der Waals surface area contributed by atoms with Crippen LogP contribution in [0.15, 0.2) is 55.1 Å². The second-order valence-electron chi connectivity index (χ2n) is 8.54. The number of benzene rings is 1. The van der Waals surface area contributed by atoms with E-state index in [4.69, 9.17) is 0 Å². The first-order valence-electron chi connectivity index (χ1n) is 11.6. The molecule has 0 saturated carbocycles. The van der Waals surface area contributed by atoms with Crippen molar-refractivity contribution in [2.75, 3.05) is 31.1 Å². The molecule has 1 amide bonds. The van der Waals surface area contributed by atoms with E-state index in [0.717, 1.165) is 11.9 Å². The molecule has 1 saturated heterocycles. The van der Waals surface area contributed by atoms with Crippen LogP contribution in [0.25, 0.3) is 22.4 Å². The molecule has 0 spiro atoms. The standard InChI is InChI=1S/C24H21FN10O2/c1-15-29-24(35(30-15)16-5-3-2-4-6-16)33-11-9-32(10-12-33)23(37)21(36)17-13-26-20-19(17)18(25)14-27-22(20)34-8-7-28-31-34/h2-8,13-14,26H,9-12H2,1H3. The molecule has 1 fully saturated rings. The van der Waals surface area contributed by atoms with Crippen LogP contribution in [0.5, 0.6) is 0 Å². The van der Waals surface area contributed by atoms with E-state index in [0.29, 0.717) is 38.0 Å². The molecule has 1 aromatic carbocycles. The lowest BCUT2D eigenvalue weighted by atomic mass is 10.1. The maximum absolute atomic E-state index is 14.8. The first-order valence-corrected chi connectivity index (χ1v) is 11.6. The number of H-pyrrole nitrogens is 1. The molecule has 0 aliphatic carbocycles. The quantitative estimate of drug-likeness (QED) is 0.285. The Morgan fingerprint density at radius 3 is 2.59 bits per heavy atom. The minimum atomic E-state index is -0.794. The number of amides is 1. The van der Waals surface area contributed by atoms with Gasteiger partial charge in [-0.15, -0.1) is 10.2 Å². The predicted octanol–water partition coefficient (Wildman–Crippen LogP) is 1.70. The highest BCUT2D eigenvalue weighted by Crippen LogP contribution is 2.26. The molecular weight excluding hydrogens is 479 g/mol. The Bertz CT molecular complexity index is 1600. The van der Waals surface area contributed by atoms with Crippen molar-refractivity contribution in [3.05, 3.63) is 72.3 Å². The van der Waals surface area contributed by atoms with Crippen LogP contribution >= 0.6 is 0 Å². The van der Waals surface area contributed by atoms with E-state index in [2.05, 4.69) is 30.4 Å². The summed E-state index contributed by atoms with van der Waals surface area (Å²) in [5, 5.41) is 12.1. The highest BCUT2D eigenvalue weighted by atomic mass is 19.1. The van der Waals surface area contributed by atoms with Gasteiger partial charge in [-0.25, -0.2) is 14.1 Å². The average molecular weight is 500 g/mol. The topological polar surface area (TPSA) is 131 Å². The second kappa shape index (κ2) is 8.93. The maximum atomic E-state index is 14.8. The summed E-state index contributed by atoms with van der Waals surface area (Å²) in [6, 6.07) is 9.67. The molecule has 5 aromatic rings. The molecule has 0 radical (unpaired) electrons. The van der Waals surface area contributed by atoms with Gasteiger partial charge in [0.05, 0.1) is 40.7 Å². The van der Waals surface area contributed by atoms with Gasteiger partial charge in [-0.2, -0.15) is 9.67 Å². The average Bonchev–Trinajstić information content (AvgIpc) is 3.69. The van der Waals surface area contributed by atoms with Crippen molar-refractivity contribution >= 4 is 28.5 Å². The number of carbonyl (C=O) groups is 2. The Hall–Kier alpha value is -4.94. The number of rotatable bonds is 5. The van der Waals surface area contributed by atoms with Gasteiger partial charge in [-0.3, -0.25) is 9.59 Å². The van der Waals surface area contributed by atoms with E-state index in [1.165, 1.54) is 22.0 Å². The number of Topliss-reactive ketones (excluding diaryl/α,β-unsaturated/α-hetero) is 1. The fourth-order valence-corrected chi connectivity index (χ4v) is 4.49. The monoisotopic (exact) mass is 500 g/mol. The largest absolute Gasteiger partial charge is 0.357 e. The molecule has 13 heteroatoms. The highest BCUT2D eigenvalue weighted by molar-refractivity contribution is 6.45. The Kier molecular flexibility index (Phi) is 5.44. The van der Waals surface area contributed by atoms with Crippen LogP contribution in [0.1, 0.15) is 16.2 Å². The first-order chi connectivity index (χ1) is 18.0. The number of ketones is 1. The van der Waals surface area contributed by atoms with Crippen molar-refractivity contribution in [2.45, 2.75) is 6.92 Å². The van der Waals surface area contributed by atoms with Gasteiger partial charge in [0, 0.05) is 32.4 Å². The molecule has 37 heavy (non-hydrogen) atoms. The molecule has 0 bridgehead atoms. The van der Waals surface area contributed by atoms with E-state index in [1.807, 2.05) is 42.2 Å². The van der Waals surface area contributed by atoms with Crippen molar-refractivity contribution < 1.29 is 14.0 Å². The molecule has 12 nitrogen and oxygen atoms in total. The van der Waals surface area contributed by atoms with Crippen LogP contribution in [0.2, 0.25) is 0 Å².